The number of H-pyrrole nitrogens is 1. The highest BCUT2D eigenvalue weighted by Gasteiger charge is 2.07. The molecule has 2 heterocycles. The third-order valence-electron chi connectivity index (χ3n) is 2.52. The van der Waals surface area contributed by atoms with Gasteiger partial charge >= 0.3 is 0 Å². The Bertz CT molecular complexity index is 587. The average Bonchev–Trinajstić information content (AvgIpc) is 2.35. The van der Waals surface area contributed by atoms with Crippen molar-refractivity contribution in [3.63, 3.8) is 0 Å². The van der Waals surface area contributed by atoms with Crippen LogP contribution in [0.1, 0.15) is 11.3 Å². The smallest absolute Gasteiger partial charge is 0.254 e. The van der Waals surface area contributed by atoms with Crippen LogP contribution in [0.4, 0.5) is 0 Å². The molecule has 0 saturated carbocycles. The number of rotatable bonds is 3. The van der Waals surface area contributed by atoms with Gasteiger partial charge in [-0.1, -0.05) is 6.08 Å². The van der Waals surface area contributed by atoms with Gasteiger partial charge in [-0.3, -0.25) is 9.78 Å². The summed E-state index contributed by atoms with van der Waals surface area (Å²) in [5.74, 6) is 0.572. The summed E-state index contributed by atoms with van der Waals surface area (Å²) in [5.41, 5.74) is 2.15. The molecule has 0 aliphatic carbocycles. The molecule has 1 N–H and O–H groups in total. The molecule has 86 valence electrons. The summed E-state index contributed by atoms with van der Waals surface area (Å²) in [6.07, 6.45) is 5.57. The Morgan fingerprint density at radius 2 is 2.12 bits per heavy atom. The quantitative estimate of drug-likeness (QED) is 0.814. The van der Waals surface area contributed by atoms with E-state index in [0.29, 0.717) is 17.8 Å². The fourth-order valence-electron chi connectivity index (χ4n) is 1.64. The SMILES string of the molecule is C=CCc1c(C)nc(-c2ccncc2)[nH]c1=O. The third-order valence-corrected chi connectivity index (χ3v) is 2.52. The average molecular weight is 227 g/mol. The molecule has 0 unspecified atom stereocenters. The lowest BCUT2D eigenvalue weighted by molar-refractivity contribution is 1.000. The van der Waals surface area contributed by atoms with Crippen molar-refractivity contribution in [1.82, 2.24) is 15.0 Å². The van der Waals surface area contributed by atoms with E-state index in [9.17, 15) is 4.79 Å². The van der Waals surface area contributed by atoms with Crippen LogP contribution >= 0.6 is 0 Å². The zero-order valence-corrected chi connectivity index (χ0v) is 9.60. The van der Waals surface area contributed by atoms with Gasteiger partial charge in [-0.05, 0) is 25.5 Å². The molecule has 0 aromatic carbocycles. The molecule has 2 aromatic rings. The first kappa shape index (κ1) is 11.3. The van der Waals surface area contributed by atoms with Crippen LogP contribution < -0.4 is 5.56 Å². The van der Waals surface area contributed by atoms with Gasteiger partial charge in [0.15, 0.2) is 0 Å². The van der Waals surface area contributed by atoms with Crippen molar-refractivity contribution < 1.29 is 0 Å². The zero-order valence-electron chi connectivity index (χ0n) is 9.60. The Balaban J connectivity index is 2.53. The topological polar surface area (TPSA) is 58.6 Å². The van der Waals surface area contributed by atoms with E-state index in [-0.39, 0.29) is 5.56 Å². The minimum Gasteiger partial charge on any atom is -0.306 e. The van der Waals surface area contributed by atoms with Gasteiger partial charge in [-0.25, -0.2) is 4.98 Å². The maximum atomic E-state index is 11.9. The highest BCUT2D eigenvalue weighted by atomic mass is 16.1. The molecule has 0 saturated heterocycles. The summed E-state index contributed by atoms with van der Waals surface area (Å²) >= 11 is 0. The first-order valence-electron chi connectivity index (χ1n) is 5.33. The maximum absolute atomic E-state index is 11.9. The van der Waals surface area contributed by atoms with Crippen LogP contribution in [0.5, 0.6) is 0 Å². The maximum Gasteiger partial charge on any atom is 0.254 e. The van der Waals surface area contributed by atoms with Gasteiger partial charge in [-0.15, -0.1) is 6.58 Å². The van der Waals surface area contributed by atoms with Crippen LogP contribution in [-0.4, -0.2) is 15.0 Å². The number of pyridine rings is 1. The molecule has 4 nitrogen and oxygen atoms in total. The van der Waals surface area contributed by atoms with Gasteiger partial charge in [-0.2, -0.15) is 0 Å². The van der Waals surface area contributed by atoms with Crippen molar-refractivity contribution in [3.8, 4) is 11.4 Å². The molecular weight excluding hydrogens is 214 g/mol. The molecule has 2 aromatic heterocycles. The normalized spacial score (nSPS) is 10.2. The molecule has 17 heavy (non-hydrogen) atoms. The van der Waals surface area contributed by atoms with E-state index in [1.807, 2.05) is 19.1 Å². The minimum absolute atomic E-state index is 0.107. The molecule has 0 aliphatic heterocycles. The van der Waals surface area contributed by atoms with E-state index in [1.165, 1.54) is 0 Å². The Kier molecular flexibility index (Phi) is 3.14. The van der Waals surface area contributed by atoms with E-state index in [1.54, 1.807) is 18.5 Å². The largest absolute Gasteiger partial charge is 0.306 e. The van der Waals surface area contributed by atoms with Gasteiger partial charge < -0.3 is 4.98 Å². The molecule has 0 radical (unpaired) electrons. The molecule has 2 rings (SSSR count). The van der Waals surface area contributed by atoms with Crippen LogP contribution in [0.3, 0.4) is 0 Å². The molecule has 0 aliphatic rings. The number of aryl methyl sites for hydroxylation is 1. The Hall–Kier alpha value is -2.23. The second-order valence-corrected chi connectivity index (χ2v) is 3.71. The van der Waals surface area contributed by atoms with Crippen LogP contribution in [0.15, 0.2) is 42.0 Å². The molecule has 0 atom stereocenters. The molecular formula is C13H13N3O. The van der Waals surface area contributed by atoms with E-state index in [0.717, 1.165) is 11.3 Å². The summed E-state index contributed by atoms with van der Waals surface area (Å²) in [5, 5.41) is 0. The Morgan fingerprint density at radius 3 is 2.71 bits per heavy atom. The van der Waals surface area contributed by atoms with Gasteiger partial charge in [0.25, 0.3) is 5.56 Å². The van der Waals surface area contributed by atoms with E-state index in [2.05, 4.69) is 21.5 Å². The molecule has 0 spiro atoms. The highest BCUT2D eigenvalue weighted by molar-refractivity contribution is 5.53. The summed E-state index contributed by atoms with van der Waals surface area (Å²) in [7, 11) is 0. The first-order chi connectivity index (χ1) is 8.22. The van der Waals surface area contributed by atoms with Crippen LogP contribution in [0.2, 0.25) is 0 Å². The molecule has 4 heteroatoms. The number of nitrogens with one attached hydrogen (secondary N) is 1. The van der Waals surface area contributed by atoms with Crippen LogP contribution in [0, 0.1) is 6.92 Å². The summed E-state index contributed by atoms with van der Waals surface area (Å²) in [6.45, 7) is 5.46. The minimum atomic E-state index is -0.107. The second kappa shape index (κ2) is 4.74. The monoisotopic (exact) mass is 227 g/mol. The first-order valence-corrected chi connectivity index (χ1v) is 5.33. The van der Waals surface area contributed by atoms with Crippen molar-refractivity contribution in [3.05, 3.63) is 58.8 Å². The van der Waals surface area contributed by atoms with E-state index in [4.69, 9.17) is 0 Å². The number of aromatic amines is 1. The number of allylic oxidation sites excluding steroid dienone is 1. The number of aromatic nitrogens is 3. The number of hydrogen-bond donors (Lipinski definition) is 1. The number of nitrogens with zero attached hydrogens (tertiary/aromatic N) is 2. The van der Waals surface area contributed by atoms with E-state index < -0.39 is 0 Å². The van der Waals surface area contributed by atoms with Crippen LogP contribution in [0.25, 0.3) is 11.4 Å². The zero-order chi connectivity index (χ0) is 12.3. The summed E-state index contributed by atoms with van der Waals surface area (Å²) in [4.78, 5) is 23.0. The van der Waals surface area contributed by atoms with Crippen molar-refractivity contribution in [2.24, 2.45) is 0 Å². The lowest BCUT2D eigenvalue weighted by atomic mass is 10.1. The predicted octanol–water partition coefficient (Wildman–Crippen LogP) is 1.87. The standard InChI is InChI=1S/C13H13N3O/c1-3-4-11-9(2)15-12(16-13(11)17)10-5-7-14-8-6-10/h3,5-8H,1,4H2,2H3,(H,15,16,17). The van der Waals surface area contributed by atoms with Crippen molar-refractivity contribution in [2.45, 2.75) is 13.3 Å². The Labute approximate surface area is 99.1 Å². The summed E-state index contributed by atoms with van der Waals surface area (Å²) in [6, 6.07) is 3.62. The number of hydrogen-bond acceptors (Lipinski definition) is 3. The van der Waals surface area contributed by atoms with Gasteiger partial charge in [0, 0.05) is 29.2 Å². The lowest BCUT2D eigenvalue weighted by Gasteiger charge is -2.05. The van der Waals surface area contributed by atoms with Gasteiger partial charge in [0.1, 0.15) is 5.82 Å². The van der Waals surface area contributed by atoms with Gasteiger partial charge in [0.05, 0.1) is 0 Å². The molecule has 0 bridgehead atoms. The summed E-state index contributed by atoms with van der Waals surface area (Å²) < 4.78 is 0. The fraction of sp³-hybridized carbons (Fsp3) is 0.154. The van der Waals surface area contributed by atoms with E-state index >= 15 is 0 Å². The molecule has 0 fully saturated rings. The third kappa shape index (κ3) is 2.30. The second-order valence-electron chi connectivity index (χ2n) is 3.71. The van der Waals surface area contributed by atoms with Crippen molar-refractivity contribution in [1.29, 1.82) is 0 Å². The highest BCUT2D eigenvalue weighted by Crippen LogP contribution is 2.12. The fourth-order valence-corrected chi connectivity index (χ4v) is 1.64. The lowest BCUT2D eigenvalue weighted by Crippen LogP contribution is -2.16. The van der Waals surface area contributed by atoms with Gasteiger partial charge in [0.2, 0.25) is 0 Å². The van der Waals surface area contributed by atoms with Crippen molar-refractivity contribution >= 4 is 0 Å². The Morgan fingerprint density at radius 1 is 1.41 bits per heavy atom. The molecule has 0 amide bonds. The van der Waals surface area contributed by atoms with Crippen LogP contribution in [-0.2, 0) is 6.42 Å². The van der Waals surface area contributed by atoms with Crippen molar-refractivity contribution in [2.75, 3.05) is 0 Å². The predicted molar refractivity (Wildman–Crippen MR) is 66.7 cm³/mol.